The van der Waals surface area contributed by atoms with Gasteiger partial charge in [0.2, 0.25) is 10.0 Å². The average molecular weight is 336 g/mol. The van der Waals surface area contributed by atoms with Gasteiger partial charge in [0.1, 0.15) is 5.82 Å². The standard InChI is InChI=1S/C17H21FN2O2S/c1-13(19-12-14-5-4-6-16(18)11-14)15-7-9-17(10-8-15)23(21,22)20(2)3/h4-11,13,19H,12H2,1-3H3. The molecule has 124 valence electrons. The van der Waals surface area contributed by atoms with Crippen LogP contribution in [0.25, 0.3) is 0 Å². The molecule has 0 radical (unpaired) electrons. The lowest BCUT2D eigenvalue weighted by Crippen LogP contribution is -2.22. The quantitative estimate of drug-likeness (QED) is 0.882. The second-order valence-electron chi connectivity index (χ2n) is 5.59. The normalized spacial score (nSPS) is 13.3. The maximum atomic E-state index is 13.1. The second kappa shape index (κ2) is 7.21. The van der Waals surface area contributed by atoms with Crippen molar-refractivity contribution in [3.05, 3.63) is 65.5 Å². The molecule has 0 saturated heterocycles. The first-order chi connectivity index (χ1) is 10.8. The monoisotopic (exact) mass is 336 g/mol. The number of nitrogens with zero attached hydrogens (tertiary/aromatic N) is 1. The van der Waals surface area contributed by atoms with Crippen molar-refractivity contribution in [3.63, 3.8) is 0 Å². The van der Waals surface area contributed by atoms with Crippen LogP contribution in [0.4, 0.5) is 4.39 Å². The van der Waals surface area contributed by atoms with Gasteiger partial charge < -0.3 is 5.32 Å². The molecule has 23 heavy (non-hydrogen) atoms. The molecule has 0 aliphatic rings. The molecule has 0 amide bonds. The lowest BCUT2D eigenvalue weighted by Gasteiger charge is -2.16. The number of hydrogen-bond donors (Lipinski definition) is 1. The van der Waals surface area contributed by atoms with Gasteiger partial charge in [0, 0.05) is 26.7 Å². The van der Waals surface area contributed by atoms with Gasteiger partial charge in [-0.25, -0.2) is 17.1 Å². The predicted molar refractivity (Wildman–Crippen MR) is 89.0 cm³/mol. The van der Waals surface area contributed by atoms with Crippen molar-refractivity contribution in [2.75, 3.05) is 14.1 Å². The maximum Gasteiger partial charge on any atom is 0.242 e. The summed E-state index contributed by atoms with van der Waals surface area (Å²) in [6, 6.07) is 13.3. The van der Waals surface area contributed by atoms with Crippen LogP contribution in [0.1, 0.15) is 24.1 Å². The SMILES string of the molecule is CC(NCc1cccc(F)c1)c1ccc(S(=O)(=O)N(C)C)cc1. The summed E-state index contributed by atoms with van der Waals surface area (Å²) in [5.41, 5.74) is 1.84. The van der Waals surface area contributed by atoms with Gasteiger partial charge >= 0.3 is 0 Å². The van der Waals surface area contributed by atoms with Gasteiger partial charge in [-0.05, 0) is 42.3 Å². The van der Waals surface area contributed by atoms with Crippen LogP contribution in [0.2, 0.25) is 0 Å². The van der Waals surface area contributed by atoms with E-state index >= 15 is 0 Å². The van der Waals surface area contributed by atoms with Crippen LogP contribution in [0, 0.1) is 5.82 Å². The summed E-state index contributed by atoms with van der Waals surface area (Å²) in [6.07, 6.45) is 0. The lowest BCUT2D eigenvalue weighted by molar-refractivity contribution is 0.520. The van der Waals surface area contributed by atoms with E-state index in [1.54, 1.807) is 30.3 Å². The third-order valence-corrected chi connectivity index (χ3v) is 5.49. The molecule has 1 N–H and O–H groups in total. The zero-order valence-corrected chi connectivity index (χ0v) is 14.3. The fraction of sp³-hybridized carbons (Fsp3) is 0.294. The largest absolute Gasteiger partial charge is 0.306 e. The molecule has 0 aliphatic carbocycles. The van der Waals surface area contributed by atoms with Gasteiger partial charge in [-0.3, -0.25) is 0 Å². The van der Waals surface area contributed by atoms with E-state index in [-0.39, 0.29) is 16.8 Å². The average Bonchev–Trinajstić information content (AvgIpc) is 2.52. The van der Waals surface area contributed by atoms with E-state index in [1.807, 2.05) is 13.0 Å². The van der Waals surface area contributed by atoms with Gasteiger partial charge in [0.05, 0.1) is 4.90 Å². The van der Waals surface area contributed by atoms with Crippen molar-refractivity contribution in [2.45, 2.75) is 24.4 Å². The summed E-state index contributed by atoms with van der Waals surface area (Å²) in [6.45, 7) is 2.52. The van der Waals surface area contributed by atoms with Crippen molar-refractivity contribution < 1.29 is 12.8 Å². The van der Waals surface area contributed by atoms with Crippen molar-refractivity contribution in [1.82, 2.24) is 9.62 Å². The van der Waals surface area contributed by atoms with Crippen LogP contribution in [-0.2, 0) is 16.6 Å². The molecule has 0 spiro atoms. The van der Waals surface area contributed by atoms with E-state index in [9.17, 15) is 12.8 Å². The number of hydrogen-bond acceptors (Lipinski definition) is 3. The highest BCUT2D eigenvalue weighted by Gasteiger charge is 2.17. The van der Waals surface area contributed by atoms with E-state index in [0.29, 0.717) is 6.54 Å². The summed E-state index contributed by atoms with van der Waals surface area (Å²) in [7, 11) is -0.395. The Hall–Kier alpha value is -1.76. The molecule has 6 heteroatoms. The first-order valence-electron chi connectivity index (χ1n) is 7.31. The number of sulfonamides is 1. The molecule has 4 nitrogen and oxygen atoms in total. The van der Waals surface area contributed by atoms with E-state index in [4.69, 9.17) is 0 Å². The lowest BCUT2D eigenvalue weighted by atomic mass is 10.1. The highest BCUT2D eigenvalue weighted by Crippen LogP contribution is 2.18. The van der Waals surface area contributed by atoms with Crippen LogP contribution in [0.3, 0.4) is 0 Å². The zero-order chi connectivity index (χ0) is 17.0. The number of nitrogens with one attached hydrogen (secondary N) is 1. The first kappa shape index (κ1) is 17.6. The van der Waals surface area contributed by atoms with Crippen LogP contribution < -0.4 is 5.32 Å². The fourth-order valence-electron chi connectivity index (χ4n) is 2.18. The second-order valence-corrected chi connectivity index (χ2v) is 7.74. The summed E-state index contributed by atoms with van der Waals surface area (Å²) in [5.74, 6) is -0.254. The Morgan fingerprint density at radius 3 is 2.35 bits per heavy atom. The first-order valence-corrected chi connectivity index (χ1v) is 8.75. The summed E-state index contributed by atoms with van der Waals surface area (Å²) in [5, 5.41) is 3.30. The van der Waals surface area contributed by atoms with E-state index < -0.39 is 10.0 Å². The van der Waals surface area contributed by atoms with Crippen LogP contribution in [0.5, 0.6) is 0 Å². The molecular formula is C17H21FN2O2S. The zero-order valence-electron chi connectivity index (χ0n) is 13.5. The van der Waals surface area contributed by atoms with Gasteiger partial charge in [-0.2, -0.15) is 0 Å². The summed E-state index contributed by atoms with van der Waals surface area (Å²) in [4.78, 5) is 0.267. The molecule has 0 aliphatic heterocycles. The molecule has 0 heterocycles. The Morgan fingerprint density at radius 2 is 1.78 bits per heavy atom. The Labute approximate surface area is 137 Å². The van der Waals surface area contributed by atoms with Gasteiger partial charge in [0.25, 0.3) is 0 Å². The van der Waals surface area contributed by atoms with Crippen LogP contribution in [0.15, 0.2) is 53.4 Å². The molecule has 1 unspecified atom stereocenters. The molecular weight excluding hydrogens is 315 g/mol. The Morgan fingerprint density at radius 1 is 1.13 bits per heavy atom. The molecule has 0 aromatic heterocycles. The number of benzene rings is 2. The van der Waals surface area contributed by atoms with Gasteiger partial charge in [-0.1, -0.05) is 24.3 Å². The Kier molecular flexibility index (Phi) is 5.51. The molecule has 0 bridgehead atoms. The van der Waals surface area contributed by atoms with Crippen molar-refractivity contribution in [2.24, 2.45) is 0 Å². The molecule has 0 fully saturated rings. The van der Waals surface area contributed by atoms with Gasteiger partial charge in [0.15, 0.2) is 0 Å². The molecule has 0 saturated carbocycles. The Balaban J connectivity index is 2.04. The third kappa shape index (κ3) is 4.37. The molecule has 2 aromatic carbocycles. The third-order valence-electron chi connectivity index (χ3n) is 3.66. The highest BCUT2D eigenvalue weighted by molar-refractivity contribution is 7.89. The smallest absolute Gasteiger partial charge is 0.242 e. The number of rotatable bonds is 6. The molecule has 1 atom stereocenters. The van der Waals surface area contributed by atoms with Crippen LogP contribution in [-0.4, -0.2) is 26.8 Å². The molecule has 2 aromatic rings. The maximum absolute atomic E-state index is 13.1. The Bertz CT molecular complexity index is 758. The minimum absolute atomic E-state index is 0.0226. The van der Waals surface area contributed by atoms with Crippen molar-refractivity contribution >= 4 is 10.0 Å². The van der Waals surface area contributed by atoms with Crippen molar-refractivity contribution in [1.29, 1.82) is 0 Å². The molecule has 2 rings (SSSR count). The summed E-state index contributed by atoms with van der Waals surface area (Å²) < 4.78 is 38.4. The van der Waals surface area contributed by atoms with E-state index in [1.165, 1.54) is 30.5 Å². The predicted octanol–water partition coefficient (Wildman–Crippen LogP) is 2.93. The topological polar surface area (TPSA) is 49.4 Å². The van der Waals surface area contributed by atoms with E-state index in [2.05, 4.69) is 5.32 Å². The fourth-order valence-corrected chi connectivity index (χ4v) is 3.08. The van der Waals surface area contributed by atoms with Gasteiger partial charge in [-0.15, -0.1) is 0 Å². The summed E-state index contributed by atoms with van der Waals surface area (Å²) >= 11 is 0. The van der Waals surface area contributed by atoms with Crippen LogP contribution >= 0.6 is 0 Å². The highest BCUT2D eigenvalue weighted by atomic mass is 32.2. The number of halogens is 1. The van der Waals surface area contributed by atoms with Crippen molar-refractivity contribution in [3.8, 4) is 0 Å². The minimum atomic E-state index is -3.41. The van der Waals surface area contributed by atoms with E-state index in [0.717, 1.165) is 11.1 Å². The minimum Gasteiger partial charge on any atom is -0.306 e.